The van der Waals surface area contributed by atoms with E-state index in [4.69, 9.17) is 4.98 Å². The lowest BCUT2D eigenvalue weighted by atomic mass is 10.2. The Bertz CT molecular complexity index is 1200. The number of carbonyl (C=O) groups is 2. The molecule has 0 aliphatic carbocycles. The maximum atomic E-state index is 13.7. The maximum Gasteiger partial charge on any atom is 0.321 e. The molecule has 8 nitrogen and oxygen atoms in total. The molecule has 174 valence electrons. The standard InChI is InChI=1S/C24H29FN6O2/c1-16-5-7-18(14-19(16)25)26-24(33)31-11-9-30(10-12-31)15-22-27-20-13-17(23(32)28(2)3)6-8-21(20)29(22)4/h5-8,13-14H,9-12,15H2,1-4H3,(H,26,33). The van der Waals surface area contributed by atoms with E-state index in [1.807, 2.05) is 29.8 Å². The number of piperazine rings is 1. The summed E-state index contributed by atoms with van der Waals surface area (Å²) in [6.45, 7) is 4.91. The molecule has 33 heavy (non-hydrogen) atoms. The van der Waals surface area contributed by atoms with Gasteiger partial charge in [-0.05, 0) is 42.8 Å². The number of aromatic nitrogens is 2. The zero-order chi connectivity index (χ0) is 23.7. The molecule has 1 aromatic heterocycles. The summed E-state index contributed by atoms with van der Waals surface area (Å²) in [7, 11) is 5.44. The monoisotopic (exact) mass is 452 g/mol. The number of halogens is 1. The predicted molar refractivity (Wildman–Crippen MR) is 126 cm³/mol. The SMILES string of the molecule is Cc1ccc(NC(=O)N2CCN(Cc3nc4cc(C(=O)N(C)C)ccc4n3C)CC2)cc1F. The van der Waals surface area contributed by atoms with Crippen LogP contribution in [-0.2, 0) is 13.6 Å². The van der Waals surface area contributed by atoms with E-state index in [-0.39, 0.29) is 17.8 Å². The molecule has 4 rings (SSSR count). The molecule has 0 unspecified atom stereocenters. The fraction of sp³-hybridized carbons (Fsp3) is 0.375. The molecule has 3 aromatic rings. The fourth-order valence-electron chi connectivity index (χ4n) is 3.96. The Labute approximate surface area is 192 Å². The van der Waals surface area contributed by atoms with E-state index in [1.165, 1.54) is 6.07 Å². The molecule has 1 aliphatic rings. The third-order valence-corrected chi connectivity index (χ3v) is 6.07. The molecule has 0 radical (unpaired) electrons. The van der Waals surface area contributed by atoms with Crippen LogP contribution in [0.1, 0.15) is 21.7 Å². The Balaban J connectivity index is 1.37. The summed E-state index contributed by atoms with van der Waals surface area (Å²) >= 11 is 0. The van der Waals surface area contributed by atoms with Crippen LogP contribution in [0.25, 0.3) is 11.0 Å². The topological polar surface area (TPSA) is 73.7 Å². The van der Waals surface area contributed by atoms with Gasteiger partial charge in [0, 0.05) is 58.6 Å². The van der Waals surface area contributed by atoms with Gasteiger partial charge in [0.2, 0.25) is 0 Å². The number of hydrogen-bond donors (Lipinski definition) is 1. The second-order valence-electron chi connectivity index (χ2n) is 8.65. The second-order valence-corrected chi connectivity index (χ2v) is 8.65. The van der Waals surface area contributed by atoms with Gasteiger partial charge in [-0.1, -0.05) is 6.07 Å². The zero-order valence-corrected chi connectivity index (χ0v) is 19.4. The number of nitrogens with zero attached hydrogens (tertiary/aromatic N) is 5. The van der Waals surface area contributed by atoms with Crippen LogP contribution < -0.4 is 5.32 Å². The number of amides is 3. The average Bonchev–Trinajstić information content (AvgIpc) is 3.10. The second kappa shape index (κ2) is 9.19. The van der Waals surface area contributed by atoms with E-state index in [2.05, 4.69) is 10.2 Å². The van der Waals surface area contributed by atoms with Crippen molar-refractivity contribution in [1.29, 1.82) is 0 Å². The number of carbonyl (C=O) groups excluding carboxylic acids is 2. The molecule has 2 aromatic carbocycles. The maximum absolute atomic E-state index is 13.7. The summed E-state index contributed by atoms with van der Waals surface area (Å²) in [4.78, 5) is 35.1. The first-order valence-electron chi connectivity index (χ1n) is 10.9. The molecular weight excluding hydrogens is 423 g/mol. The number of benzene rings is 2. The summed E-state index contributed by atoms with van der Waals surface area (Å²) in [6.07, 6.45) is 0. The number of rotatable bonds is 4. The summed E-state index contributed by atoms with van der Waals surface area (Å²) in [5.41, 5.74) is 3.39. The van der Waals surface area contributed by atoms with Gasteiger partial charge in [-0.25, -0.2) is 14.2 Å². The van der Waals surface area contributed by atoms with E-state index in [0.29, 0.717) is 49.5 Å². The van der Waals surface area contributed by atoms with Crippen LogP contribution in [0, 0.1) is 12.7 Å². The first-order chi connectivity index (χ1) is 15.7. The van der Waals surface area contributed by atoms with Crippen LogP contribution in [0.5, 0.6) is 0 Å². The van der Waals surface area contributed by atoms with Crippen molar-refractivity contribution < 1.29 is 14.0 Å². The summed E-state index contributed by atoms with van der Waals surface area (Å²) < 4.78 is 15.8. The van der Waals surface area contributed by atoms with Gasteiger partial charge in [0.1, 0.15) is 11.6 Å². The molecular formula is C24H29FN6O2. The Morgan fingerprint density at radius 3 is 2.48 bits per heavy atom. The lowest BCUT2D eigenvalue weighted by Crippen LogP contribution is -2.49. The number of anilines is 1. The molecule has 0 spiro atoms. The van der Waals surface area contributed by atoms with Crippen LogP contribution >= 0.6 is 0 Å². The van der Waals surface area contributed by atoms with Gasteiger partial charge in [-0.2, -0.15) is 0 Å². The Morgan fingerprint density at radius 2 is 1.82 bits per heavy atom. The number of hydrogen-bond acceptors (Lipinski definition) is 4. The molecule has 1 N–H and O–H groups in total. The molecule has 1 saturated heterocycles. The minimum Gasteiger partial charge on any atom is -0.345 e. The summed E-state index contributed by atoms with van der Waals surface area (Å²) in [6, 6.07) is 10.1. The number of imidazole rings is 1. The normalized spacial score (nSPS) is 14.5. The third-order valence-electron chi connectivity index (χ3n) is 6.07. The van der Waals surface area contributed by atoms with Crippen LogP contribution in [0.3, 0.4) is 0 Å². The van der Waals surface area contributed by atoms with Gasteiger partial charge in [0.15, 0.2) is 0 Å². The van der Waals surface area contributed by atoms with E-state index >= 15 is 0 Å². The van der Waals surface area contributed by atoms with Crippen molar-refractivity contribution >= 4 is 28.7 Å². The van der Waals surface area contributed by atoms with Gasteiger partial charge < -0.3 is 19.7 Å². The highest BCUT2D eigenvalue weighted by Gasteiger charge is 2.23. The van der Waals surface area contributed by atoms with Crippen LogP contribution in [0.2, 0.25) is 0 Å². The van der Waals surface area contributed by atoms with E-state index in [1.54, 1.807) is 43.0 Å². The van der Waals surface area contributed by atoms with Gasteiger partial charge in [-0.15, -0.1) is 0 Å². The summed E-state index contributed by atoms with van der Waals surface area (Å²) in [5.74, 6) is 0.526. The first kappa shape index (κ1) is 22.7. The number of urea groups is 1. The molecule has 0 bridgehead atoms. The largest absolute Gasteiger partial charge is 0.345 e. The number of aryl methyl sites for hydroxylation is 2. The van der Waals surface area contributed by atoms with Crippen LogP contribution in [-0.4, -0.2) is 76.5 Å². The Kier molecular flexibility index (Phi) is 6.33. The van der Waals surface area contributed by atoms with E-state index < -0.39 is 0 Å². The molecule has 9 heteroatoms. The first-order valence-corrected chi connectivity index (χ1v) is 10.9. The Morgan fingerprint density at radius 1 is 1.09 bits per heavy atom. The minimum absolute atomic E-state index is 0.0492. The van der Waals surface area contributed by atoms with Crippen molar-refractivity contribution in [2.45, 2.75) is 13.5 Å². The van der Waals surface area contributed by atoms with Crippen LogP contribution in [0.4, 0.5) is 14.9 Å². The zero-order valence-electron chi connectivity index (χ0n) is 19.4. The quantitative estimate of drug-likeness (QED) is 0.660. The lowest BCUT2D eigenvalue weighted by Gasteiger charge is -2.34. The molecule has 0 atom stereocenters. The van der Waals surface area contributed by atoms with Crippen molar-refractivity contribution in [3.05, 3.63) is 59.2 Å². The van der Waals surface area contributed by atoms with Crippen molar-refractivity contribution in [1.82, 2.24) is 24.3 Å². The van der Waals surface area contributed by atoms with E-state index in [0.717, 1.165) is 16.9 Å². The van der Waals surface area contributed by atoms with E-state index in [9.17, 15) is 14.0 Å². The number of nitrogens with one attached hydrogen (secondary N) is 1. The molecule has 1 fully saturated rings. The summed E-state index contributed by atoms with van der Waals surface area (Å²) in [5, 5.41) is 2.77. The van der Waals surface area contributed by atoms with Crippen molar-refractivity contribution in [3.8, 4) is 0 Å². The molecule has 3 amide bonds. The third kappa shape index (κ3) is 4.83. The van der Waals surface area contributed by atoms with Crippen LogP contribution in [0.15, 0.2) is 36.4 Å². The Hall–Kier alpha value is -3.46. The molecule has 1 aliphatic heterocycles. The van der Waals surface area contributed by atoms with Gasteiger partial charge in [-0.3, -0.25) is 9.69 Å². The highest BCUT2D eigenvalue weighted by molar-refractivity contribution is 5.97. The smallest absolute Gasteiger partial charge is 0.321 e. The highest BCUT2D eigenvalue weighted by atomic mass is 19.1. The predicted octanol–water partition coefficient (Wildman–Crippen LogP) is 3.07. The van der Waals surface area contributed by atoms with Crippen molar-refractivity contribution in [3.63, 3.8) is 0 Å². The average molecular weight is 453 g/mol. The van der Waals surface area contributed by atoms with Gasteiger partial charge in [0.05, 0.1) is 17.6 Å². The van der Waals surface area contributed by atoms with Gasteiger partial charge >= 0.3 is 6.03 Å². The minimum atomic E-state index is -0.335. The van der Waals surface area contributed by atoms with Crippen molar-refractivity contribution in [2.24, 2.45) is 7.05 Å². The number of fused-ring (bicyclic) bond motifs is 1. The van der Waals surface area contributed by atoms with Crippen molar-refractivity contribution in [2.75, 3.05) is 45.6 Å². The molecule has 2 heterocycles. The highest BCUT2D eigenvalue weighted by Crippen LogP contribution is 2.20. The van der Waals surface area contributed by atoms with Gasteiger partial charge in [0.25, 0.3) is 5.91 Å². The lowest BCUT2D eigenvalue weighted by molar-refractivity contribution is 0.0827. The molecule has 0 saturated carbocycles. The fourth-order valence-corrected chi connectivity index (χ4v) is 3.96.